The van der Waals surface area contributed by atoms with Gasteiger partial charge in [-0.2, -0.15) is 5.10 Å². The molecule has 1 atom stereocenters. The van der Waals surface area contributed by atoms with Gasteiger partial charge in [0, 0.05) is 25.2 Å². The van der Waals surface area contributed by atoms with Crippen LogP contribution in [0.15, 0.2) is 6.20 Å². The summed E-state index contributed by atoms with van der Waals surface area (Å²) in [5, 5.41) is 7.94. The van der Waals surface area contributed by atoms with Crippen LogP contribution < -0.4 is 5.32 Å². The Balaban J connectivity index is 2.04. The second kappa shape index (κ2) is 4.79. The predicted octanol–water partition coefficient (Wildman–Crippen LogP) is 1.67. The maximum absolute atomic E-state index is 4.34. The van der Waals surface area contributed by atoms with Gasteiger partial charge in [-0.05, 0) is 31.4 Å². The molecule has 0 saturated carbocycles. The fourth-order valence-corrected chi connectivity index (χ4v) is 2.40. The summed E-state index contributed by atoms with van der Waals surface area (Å²) in [4.78, 5) is 0. The average molecular weight is 207 g/mol. The summed E-state index contributed by atoms with van der Waals surface area (Å²) < 4.78 is 2.04. The molecule has 1 unspecified atom stereocenters. The number of nitrogens with one attached hydrogen (secondary N) is 1. The van der Waals surface area contributed by atoms with Gasteiger partial charge in [-0.15, -0.1) is 0 Å². The monoisotopic (exact) mass is 207 g/mol. The van der Waals surface area contributed by atoms with Gasteiger partial charge in [0.2, 0.25) is 0 Å². The Hall–Kier alpha value is -0.830. The van der Waals surface area contributed by atoms with Crippen molar-refractivity contribution in [2.45, 2.75) is 45.1 Å². The van der Waals surface area contributed by atoms with Crippen LogP contribution in [0.25, 0.3) is 0 Å². The standard InChI is InChI=1S/C12H21N3/c1-3-10-9-14-15(2)12(10)8-11-6-4-5-7-13-11/h9,11,13H,3-8H2,1-2H3. The van der Waals surface area contributed by atoms with Crippen LogP contribution >= 0.6 is 0 Å². The van der Waals surface area contributed by atoms with Gasteiger partial charge in [0.05, 0.1) is 6.20 Å². The van der Waals surface area contributed by atoms with Gasteiger partial charge in [0.1, 0.15) is 0 Å². The number of aryl methyl sites for hydroxylation is 2. The molecule has 1 aliphatic rings. The molecule has 1 aromatic rings. The van der Waals surface area contributed by atoms with Crippen LogP contribution in [-0.4, -0.2) is 22.4 Å². The van der Waals surface area contributed by atoms with E-state index >= 15 is 0 Å². The molecule has 2 rings (SSSR count). The van der Waals surface area contributed by atoms with E-state index in [1.165, 1.54) is 37.1 Å². The van der Waals surface area contributed by atoms with E-state index in [9.17, 15) is 0 Å². The first-order valence-electron chi connectivity index (χ1n) is 6.04. The summed E-state index contributed by atoms with van der Waals surface area (Å²) in [5.74, 6) is 0. The van der Waals surface area contributed by atoms with Crippen LogP contribution in [0.1, 0.15) is 37.4 Å². The van der Waals surface area contributed by atoms with Crippen LogP contribution in [0.3, 0.4) is 0 Å². The average Bonchev–Trinajstić information content (AvgIpc) is 2.62. The molecule has 0 spiro atoms. The smallest absolute Gasteiger partial charge is 0.0524 e. The van der Waals surface area contributed by atoms with Crippen LogP contribution in [0.2, 0.25) is 0 Å². The van der Waals surface area contributed by atoms with Gasteiger partial charge < -0.3 is 5.32 Å². The van der Waals surface area contributed by atoms with Crippen molar-refractivity contribution in [1.82, 2.24) is 15.1 Å². The van der Waals surface area contributed by atoms with Gasteiger partial charge in [-0.3, -0.25) is 4.68 Å². The first-order valence-corrected chi connectivity index (χ1v) is 6.04. The lowest BCUT2D eigenvalue weighted by atomic mass is 9.98. The van der Waals surface area contributed by atoms with Gasteiger partial charge >= 0.3 is 0 Å². The molecule has 0 amide bonds. The Labute approximate surface area is 91.9 Å². The highest BCUT2D eigenvalue weighted by Gasteiger charge is 2.16. The number of hydrogen-bond donors (Lipinski definition) is 1. The molecule has 84 valence electrons. The minimum Gasteiger partial charge on any atom is -0.314 e. The van der Waals surface area contributed by atoms with Crippen molar-refractivity contribution in [3.8, 4) is 0 Å². The van der Waals surface area contributed by atoms with Crippen LogP contribution in [-0.2, 0) is 19.9 Å². The van der Waals surface area contributed by atoms with Crippen LogP contribution in [0.4, 0.5) is 0 Å². The largest absolute Gasteiger partial charge is 0.314 e. The normalized spacial score (nSPS) is 21.9. The Morgan fingerprint density at radius 1 is 1.53 bits per heavy atom. The highest BCUT2D eigenvalue weighted by Crippen LogP contribution is 2.15. The fraction of sp³-hybridized carbons (Fsp3) is 0.750. The summed E-state index contributed by atoms with van der Waals surface area (Å²) in [7, 11) is 2.05. The van der Waals surface area contributed by atoms with Gasteiger partial charge in [0.25, 0.3) is 0 Å². The third-order valence-corrected chi connectivity index (χ3v) is 3.38. The highest BCUT2D eigenvalue weighted by atomic mass is 15.3. The minimum atomic E-state index is 0.666. The first kappa shape index (κ1) is 10.7. The van der Waals surface area contributed by atoms with Crippen LogP contribution in [0.5, 0.6) is 0 Å². The van der Waals surface area contributed by atoms with E-state index < -0.39 is 0 Å². The van der Waals surface area contributed by atoms with E-state index in [0.29, 0.717) is 6.04 Å². The molecule has 1 fully saturated rings. The molecule has 0 aromatic carbocycles. The highest BCUT2D eigenvalue weighted by molar-refractivity contribution is 5.18. The number of hydrogen-bond acceptors (Lipinski definition) is 2. The van der Waals surface area contributed by atoms with Crippen molar-refractivity contribution in [2.24, 2.45) is 7.05 Å². The fourth-order valence-electron chi connectivity index (χ4n) is 2.40. The Kier molecular flexibility index (Phi) is 3.41. The molecule has 3 nitrogen and oxygen atoms in total. The summed E-state index contributed by atoms with van der Waals surface area (Å²) in [6.07, 6.45) is 8.27. The molecule has 0 bridgehead atoms. The van der Waals surface area contributed by atoms with Crippen molar-refractivity contribution < 1.29 is 0 Å². The maximum atomic E-state index is 4.34. The van der Waals surface area contributed by atoms with E-state index in [1.807, 2.05) is 10.9 Å². The summed E-state index contributed by atoms with van der Waals surface area (Å²) in [5.41, 5.74) is 2.82. The molecule has 3 heteroatoms. The van der Waals surface area contributed by atoms with Crippen molar-refractivity contribution in [2.75, 3.05) is 6.54 Å². The van der Waals surface area contributed by atoms with Gasteiger partial charge in [-0.1, -0.05) is 13.3 Å². The van der Waals surface area contributed by atoms with Gasteiger partial charge in [-0.25, -0.2) is 0 Å². The van der Waals surface area contributed by atoms with Crippen molar-refractivity contribution >= 4 is 0 Å². The second-order valence-corrected chi connectivity index (χ2v) is 4.44. The Bertz CT molecular complexity index is 311. The lowest BCUT2D eigenvalue weighted by Gasteiger charge is -2.23. The van der Waals surface area contributed by atoms with E-state index in [2.05, 4.69) is 24.4 Å². The zero-order chi connectivity index (χ0) is 10.7. The topological polar surface area (TPSA) is 29.9 Å². The molecular weight excluding hydrogens is 186 g/mol. The number of nitrogens with zero attached hydrogens (tertiary/aromatic N) is 2. The molecule has 1 aromatic heterocycles. The predicted molar refractivity (Wildman–Crippen MR) is 61.9 cm³/mol. The molecule has 1 saturated heterocycles. The van der Waals surface area contributed by atoms with E-state index in [1.54, 1.807) is 0 Å². The summed E-state index contributed by atoms with van der Waals surface area (Å²) in [6, 6.07) is 0.666. The summed E-state index contributed by atoms with van der Waals surface area (Å²) >= 11 is 0. The molecular formula is C12H21N3. The quantitative estimate of drug-likeness (QED) is 0.817. The molecule has 1 N–H and O–H groups in total. The van der Waals surface area contributed by atoms with E-state index in [0.717, 1.165) is 12.8 Å². The van der Waals surface area contributed by atoms with Gasteiger partial charge in [0.15, 0.2) is 0 Å². The molecule has 0 radical (unpaired) electrons. The van der Waals surface area contributed by atoms with E-state index in [-0.39, 0.29) is 0 Å². The lowest BCUT2D eigenvalue weighted by Crippen LogP contribution is -2.36. The number of aromatic nitrogens is 2. The number of piperidine rings is 1. The lowest BCUT2D eigenvalue weighted by molar-refractivity contribution is 0.392. The molecule has 15 heavy (non-hydrogen) atoms. The third kappa shape index (κ3) is 2.40. The molecule has 1 aliphatic heterocycles. The van der Waals surface area contributed by atoms with Crippen molar-refractivity contribution in [3.63, 3.8) is 0 Å². The van der Waals surface area contributed by atoms with Crippen molar-refractivity contribution in [3.05, 3.63) is 17.5 Å². The Morgan fingerprint density at radius 3 is 3.07 bits per heavy atom. The minimum absolute atomic E-state index is 0.666. The van der Waals surface area contributed by atoms with Crippen LogP contribution in [0, 0.1) is 0 Å². The second-order valence-electron chi connectivity index (χ2n) is 4.44. The zero-order valence-electron chi connectivity index (χ0n) is 9.79. The first-order chi connectivity index (χ1) is 7.31. The SMILES string of the molecule is CCc1cnn(C)c1CC1CCCCN1. The molecule has 2 heterocycles. The zero-order valence-corrected chi connectivity index (χ0v) is 9.79. The number of rotatable bonds is 3. The third-order valence-electron chi connectivity index (χ3n) is 3.38. The maximum Gasteiger partial charge on any atom is 0.0524 e. The summed E-state index contributed by atoms with van der Waals surface area (Å²) in [6.45, 7) is 3.39. The van der Waals surface area contributed by atoms with E-state index in [4.69, 9.17) is 0 Å². The Morgan fingerprint density at radius 2 is 2.40 bits per heavy atom. The molecule has 0 aliphatic carbocycles. The van der Waals surface area contributed by atoms with Crippen molar-refractivity contribution in [1.29, 1.82) is 0 Å².